The normalized spacial score (nSPS) is 10.1. The van der Waals surface area contributed by atoms with Crippen molar-refractivity contribution in [3.05, 3.63) is 53.9 Å². The Bertz CT molecular complexity index is 679. The molecule has 0 atom stereocenters. The fourth-order valence-corrected chi connectivity index (χ4v) is 2.18. The van der Waals surface area contributed by atoms with Crippen molar-refractivity contribution in [3.8, 4) is 0 Å². The van der Waals surface area contributed by atoms with Crippen LogP contribution < -0.4 is 10.9 Å². The number of aromatic nitrogens is 2. The van der Waals surface area contributed by atoms with E-state index >= 15 is 0 Å². The van der Waals surface area contributed by atoms with Crippen LogP contribution in [0.4, 0.5) is 4.39 Å². The van der Waals surface area contributed by atoms with Crippen molar-refractivity contribution in [2.24, 2.45) is 0 Å². The molecule has 6 nitrogen and oxygen atoms in total. The number of hydrazine groups is 1. The molecule has 0 aliphatic heterocycles. The van der Waals surface area contributed by atoms with Gasteiger partial charge in [0.15, 0.2) is 0 Å². The van der Waals surface area contributed by atoms with Gasteiger partial charge in [-0.05, 0) is 19.1 Å². The van der Waals surface area contributed by atoms with Crippen LogP contribution in [0.25, 0.3) is 0 Å². The van der Waals surface area contributed by atoms with Crippen LogP contribution in [-0.2, 0) is 4.79 Å². The SMILES string of the molecule is Cc1cnc(C(=O)NNC(=O)CSc2ccccc2F)cn1. The first-order chi connectivity index (χ1) is 10.6. The lowest BCUT2D eigenvalue weighted by molar-refractivity contribution is -0.119. The minimum Gasteiger partial charge on any atom is -0.272 e. The lowest BCUT2D eigenvalue weighted by Crippen LogP contribution is -2.42. The predicted octanol–water partition coefficient (Wildman–Crippen LogP) is 1.48. The van der Waals surface area contributed by atoms with E-state index in [1.807, 2.05) is 0 Å². The van der Waals surface area contributed by atoms with Crippen molar-refractivity contribution in [2.45, 2.75) is 11.8 Å². The molecule has 0 spiro atoms. The number of benzene rings is 1. The zero-order valence-electron chi connectivity index (χ0n) is 11.7. The van der Waals surface area contributed by atoms with Crippen LogP contribution in [0.5, 0.6) is 0 Å². The molecule has 2 amide bonds. The summed E-state index contributed by atoms with van der Waals surface area (Å²) in [4.78, 5) is 31.5. The molecular formula is C14H13FN4O2S. The molecule has 8 heteroatoms. The van der Waals surface area contributed by atoms with Gasteiger partial charge in [0.25, 0.3) is 5.91 Å². The van der Waals surface area contributed by atoms with Crippen molar-refractivity contribution in [2.75, 3.05) is 5.75 Å². The van der Waals surface area contributed by atoms with Gasteiger partial charge in [0.2, 0.25) is 5.91 Å². The van der Waals surface area contributed by atoms with E-state index in [1.165, 1.54) is 18.5 Å². The molecule has 2 N–H and O–H groups in total. The maximum absolute atomic E-state index is 13.4. The first-order valence-electron chi connectivity index (χ1n) is 6.31. The van der Waals surface area contributed by atoms with Gasteiger partial charge in [-0.15, -0.1) is 11.8 Å². The number of aryl methyl sites for hydroxylation is 1. The molecule has 0 bridgehead atoms. The number of carbonyl (C=O) groups excluding carboxylic acids is 2. The Balaban J connectivity index is 1.79. The standard InChI is InChI=1S/C14H13FN4O2S/c1-9-6-17-11(7-16-9)14(21)19-18-13(20)8-22-12-5-3-2-4-10(12)15/h2-7H,8H2,1H3,(H,18,20)(H,19,21). The molecule has 0 fully saturated rings. The van der Waals surface area contributed by atoms with Gasteiger partial charge >= 0.3 is 0 Å². The minimum absolute atomic E-state index is 0.0270. The van der Waals surface area contributed by atoms with Crippen LogP contribution >= 0.6 is 11.8 Å². The van der Waals surface area contributed by atoms with E-state index in [0.29, 0.717) is 10.6 Å². The summed E-state index contributed by atoms with van der Waals surface area (Å²) in [5, 5.41) is 0. The molecule has 2 aromatic rings. The number of rotatable bonds is 4. The molecule has 0 aliphatic rings. The Morgan fingerprint density at radius 3 is 2.64 bits per heavy atom. The highest BCUT2D eigenvalue weighted by Crippen LogP contribution is 2.20. The number of hydrogen-bond donors (Lipinski definition) is 2. The maximum atomic E-state index is 13.4. The number of nitrogens with one attached hydrogen (secondary N) is 2. The quantitative estimate of drug-likeness (QED) is 0.658. The molecule has 0 unspecified atom stereocenters. The maximum Gasteiger partial charge on any atom is 0.289 e. The highest BCUT2D eigenvalue weighted by atomic mass is 32.2. The Kier molecular flexibility index (Phi) is 5.42. The van der Waals surface area contributed by atoms with E-state index < -0.39 is 11.8 Å². The molecular weight excluding hydrogens is 307 g/mol. The van der Waals surface area contributed by atoms with E-state index in [4.69, 9.17) is 0 Å². The first-order valence-corrected chi connectivity index (χ1v) is 7.30. The molecule has 0 aliphatic carbocycles. The minimum atomic E-state index is -0.572. The van der Waals surface area contributed by atoms with Gasteiger partial charge in [0, 0.05) is 11.1 Å². The Morgan fingerprint density at radius 2 is 1.95 bits per heavy atom. The number of halogens is 1. The van der Waals surface area contributed by atoms with Crippen LogP contribution in [0.3, 0.4) is 0 Å². The van der Waals surface area contributed by atoms with Crippen molar-refractivity contribution < 1.29 is 14.0 Å². The second-order valence-corrected chi connectivity index (χ2v) is 5.28. The van der Waals surface area contributed by atoms with Crippen molar-refractivity contribution in [3.63, 3.8) is 0 Å². The summed E-state index contributed by atoms with van der Waals surface area (Å²) in [5.41, 5.74) is 5.23. The molecule has 0 saturated heterocycles. The fourth-order valence-electron chi connectivity index (χ4n) is 1.44. The van der Waals surface area contributed by atoms with E-state index in [-0.39, 0.29) is 17.3 Å². The van der Waals surface area contributed by atoms with Crippen molar-refractivity contribution in [1.82, 2.24) is 20.8 Å². The third-order valence-electron chi connectivity index (χ3n) is 2.52. The van der Waals surface area contributed by atoms with Gasteiger partial charge in [0.05, 0.1) is 17.6 Å². The summed E-state index contributed by atoms with van der Waals surface area (Å²) in [7, 11) is 0. The van der Waals surface area contributed by atoms with Crippen LogP contribution in [-0.4, -0.2) is 27.5 Å². The number of hydrogen-bond acceptors (Lipinski definition) is 5. The molecule has 114 valence electrons. The van der Waals surface area contributed by atoms with Crippen LogP contribution in [0.15, 0.2) is 41.6 Å². The van der Waals surface area contributed by atoms with Gasteiger partial charge in [-0.2, -0.15) is 0 Å². The zero-order valence-corrected chi connectivity index (χ0v) is 12.5. The second kappa shape index (κ2) is 7.51. The average Bonchev–Trinajstić information content (AvgIpc) is 2.52. The molecule has 22 heavy (non-hydrogen) atoms. The van der Waals surface area contributed by atoms with Crippen LogP contribution in [0.1, 0.15) is 16.2 Å². The third-order valence-corrected chi connectivity index (χ3v) is 3.57. The molecule has 1 aromatic carbocycles. The molecule has 0 saturated carbocycles. The Hall–Kier alpha value is -2.48. The summed E-state index contributed by atoms with van der Waals surface area (Å²) < 4.78 is 13.4. The monoisotopic (exact) mass is 320 g/mol. The topological polar surface area (TPSA) is 84.0 Å². The Morgan fingerprint density at radius 1 is 1.18 bits per heavy atom. The van der Waals surface area contributed by atoms with Gasteiger partial charge in [-0.25, -0.2) is 9.37 Å². The van der Waals surface area contributed by atoms with E-state index in [2.05, 4.69) is 20.8 Å². The molecule has 1 aromatic heterocycles. The highest BCUT2D eigenvalue weighted by Gasteiger charge is 2.10. The summed E-state index contributed by atoms with van der Waals surface area (Å²) >= 11 is 1.04. The van der Waals surface area contributed by atoms with Crippen LogP contribution in [0, 0.1) is 12.7 Å². The smallest absolute Gasteiger partial charge is 0.272 e. The molecule has 1 heterocycles. The van der Waals surface area contributed by atoms with E-state index in [9.17, 15) is 14.0 Å². The van der Waals surface area contributed by atoms with Gasteiger partial charge < -0.3 is 0 Å². The van der Waals surface area contributed by atoms with Gasteiger partial charge in [-0.3, -0.25) is 25.4 Å². The summed E-state index contributed by atoms with van der Waals surface area (Å²) in [5.74, 6) is -1.45. The van der Waals surface area contributed by atoms with E-state index in [0.717, 1.165) is 11.8 Å². The predicted molar refractivity (Wildman–Crippen MR) is 79.5 cm³/mol. The molecule has 2 rings (SSSR count). The number of nitrogens with zero attached hydrogens (tertiary/aromatic N) is 2. The molecule has 0 radical (unpaired) electrons. The first kappa shape index (κ1) is 15.9. The fraction of sp³-hybridized carbons (Fsp3) is 0.143. The summed E-state index contributed by atoms with van der Waals surface area (Å²) in [6, 6.07) is 6.15. The van der Waals surface area contributed by atoms with E-state index in [1.54, 1.807) is 25.1 Å². The number of thioether (sulfide) groups is 1. The van der Waals surface area contributed by atoms with Crippen molar-refractivity contribution >= 4 is 23.6 Å². The lowest BCUT2D eigenvalue weighted by atomic mass is 10.3. The van der Waals surface area contributed by atoms with Crippen LogP contribution in [0.2, 0.25) is 0 Å². The summed E-state index contributed by atoms with van der Waals surface area (Å²) in [6.07, 6.45) is 2.76. The summed E-state index contributed by atoms with van der Waals surface area (Å²) in [6.45, 7) is 1.75. The lowest BCUT2D eigenvalue weighted by Gasteiger charge is -2.07. The van der Waals surface area contributed by atoms with Crippen molar-refractivity contribution in [1.29, 1.82) is 0 Å². The Labute approximate surface area is 130 Å². The average molecular weight is 320 g/mol. The largest absolute Gasteiger partial charge is 0.289 e. The van der Waals surface area contributed by atoms with Gasteiger partial charge in [-0.1, -0.05) is 12.1 Å². The third kappa shape index (κ3) is 4.52. The number of carbonyl (C=O) groups is 2. The second-order valence-electron chi connectivity index (χ2n) is 4.26. The zero-order chi connectivity index (χ0) is 15.9. The number of amides is 2. The highest BCUT2D eigenvalue weighted by molar-refractivity contribution is 8.00. The van der Waals surface area contributed by atoms with Gasteiger partial charge in [0.1, 0.15) is 11.5 Å².